The fourth-order valence-corrected chi connectivity index (χ4v) is 13.2. The molecule has 9 rings (SSSR count). The summed E-state index contributed by atoms with van der Waals surface area (Å²) in [4.78, 5) is 65.9. The standard InChI is InChI=1S/C50H56N6O8S2/c1-30-11-18-36(19-12-30)66(63,64)55-25-23-37-41(29-57)53-40-20-15-33(28-39(40)47(37)55)32-6-3-7-35(27-32)52-44(58)10-2-5-31-13-16-34(17-14-31)51-24-26-65-43-9-4-8-38-46(43)50(62)56(49(38)61)42-21-22-45(59)54-48(42)60/h3-4,6-9,11-12,15,18-20,27-28,31,34,37,41-42,47,51,53,57H,2,5,10,13-14,16-17,21-26,29H2,1H3,(H,52,58)(H,54,59,60)/t31?,34?,37-,41+,42?,47-/m1/s1. The number of anilines is 2. The van der Waals surface area contributed by atoms with E-state index in [1.54, 1.807) is 28.6 Å². The number of hydrogen-bond donors (Lipinski definition) is 5. The molecule has 4 atom stereocenters. The predicted molar refractivity (Wildman–Crippen MR) is 252 cm³/mol. The molecular formula is C50H56N6O8S2. The number of carbonyl (C=O) groups excluding carboxylic acids is 5. The van der Waals surface area contributed by atoms with Crippen molar-refractivity contribution < 1.29 is 37.5 Å². The fourth-order valence-electron chi connectivity index (χ4n) is 10.6. The molecule has 0 spiro atoms. The third-order valence-electron chi connectivity index (χ3n) is 14.0. The lowest BCUT2D eigenvalue weighted by molar-refractivity contribution is -0.136. The maximum Gasteiger partial charge on any atom is 0.263 e. The van der Waals surface area contributed by atoms with E-state index in [2.05, 4.69) is 21.3 Å². The van der Waals surface area contributed by atoms with Gasteiger partial charge in [0.25, 0.3) is 11.8 Å². The Morgan fingerprint density at radius 3 is 2.42 bits per heavy atom. The van der Waals surface area contributed by atoms with Crippen molar-refractivity contribution in [3.63, 3.8) is 0 Å². The molecule has 1 unspecified atom stereocenters. The van der Waals surface area contributed by atoms with Crippen LogP contribution in [0.4, 0.5) is 11.4 Å². The van der Waals surface area contributed by atoms with Crippen LogP contribution in [0.3, 0.4) is 0 Å². The van der Waals surface area contributed by atoms with Gasteiger partial charge in [-0.3, -0.25) is 34.2 Å². The van der Waals surface area contributed by atoms with E-state index in [1.807, 2.05) is 67.6 Å². The summed E-state index contributed by atoms with van der Waals surface area (Å²) in [6, 6.07) is 24.6. The molecule has 5 aliphatic rings. The van der Waals surface area contributed by atoms with E-state index < -0.39 is 45.7 Å². The molecule has 1 saturated carbocycles. The number of rotatable bonds is 15. The molecule has 2 saturated heterocycles. The van der Waals surface area contributed by atoms with Gasteiger partial charge in [-0.25, -0.2) is 8.42 Å². The molecule has 4 aromatic carbocycles. The quantitative estimate of drug-likeness (QED) is 0.0487. The van der Waals surface area contributed by atoms with E-state index in [1.165, 1.54) is 11.8 Å². The predicted octanol–water partition coefficient (Wildman–Crippen LogP) is 6.65. The van der Waals surface area contributed by atoms with E-state index in [0.717, 1.165) is 77.9 Å². The van der Waals surface area contributed by atoms with Gasteiger partial charge in [0, 0.05) is 59.9 Å². The number of sulfonamides is 1. The number of aliphatic hydroxyl groups excluding tert-OH is 1. The molecular weight excluding hydrogens is 877 g/mol. The third-order valence-corrected chi connectivity index (χ3v) is 17.0. The van der Waals surface area contributed by atoms with E-state index in [9.17, 15) is 37.5 Å². The molecule has 346 valence electrons. The molecule has 4 heterocycles. The Morgan fingerprint density at radius 1 is 0.879 bits per heavy atom. The van der Waals surface area contributed by atoms with Crippen molar-refractivity contribution in [2.45, 2.75) is 105 Å². The molecule has 0 aromatic heterocycles. The lowest BCUT2D eigenvalue weighted by Crippen LogP contribution is -2.54. The topological polar surface area (TPSA) is 194 Å². The van der Waals surface area contributed by atoms with Crippen molar-refractivity contribution in [1.29, 1.82) is 0 Å². The highest BCUT2D eigenvalue weighted by Crippen LogP contribution is 2.49. The lowest BCUT2D eigenvalue weighted by atomic mass is 9.82. The summed E-state index contributed by atoms with van der Waals surface area (Å²) < 4.78 is 29.7. The zero-order valence-corrected chi connectivity index (χ0v) is 38.6. The van der Waals surface area contributed by atoms with Gasteiger partial charge in [-0.15, -0.1) is 11.8 Å². The number of nitrogens with zero attached hydrogens (tertiary/aromatic N) is 2. The monoisotopic (exact) mass is 932 g/mol. The fraction of sp³-hybridized carbons (Fsp3) is 0.420. The molecule has 4 aliphatic heterocycles. The first kappa shape index (κ1) is 45.8. The Labute approximate surface area is 389 Å². The number of thioether (sulfide) groups is 1. The van der Waals surface area contributed by atoms with E-state index in [-0.39, 0.29) is 42.2 Å². The first-order chi connectivity index (χ1) is 31.9. The van der Waals surface area contributed by atoms with Crippen LogP contribution in [0.5, 0.6) is 0 Å². The largest absolute Gasteiger partial charge is 0.394 e. The number of carbonyl (C=O) groups is 5. The van der Waals surface area contributed by atoms with Crippen LogP contribution in [0.25, 0.3) is 11.1 Å². The van der Waals surface area contributed by atoms with Crippen molar-refractivity contribution in [2.75, 3.05) is 36.1 Å². The second kappa shape index (κ2) is 19.4. The molecule has 5 N–H and O–H groups in total. The highest BCUT2D eigenvalue weighted by atomic mass is 32.2. The Bertz CT molecular complexity index is 2650. The van der Waals surface area contributed by atoms with Crippen LogP contribution >= 0.6 is 11.8 Å². The number of aryl methyl sites for hydroxylation is 1. The average molecular weight is 933 g/mol. The first-order valence-corrected chi connectivity index (χ1v) is 25.5. The van der Waals surface area contributed by atoms with Crippen LogP contribution in [-0.2, 0) is 24.4 Å². The maximum atomic E-state index is 14.0. The number of nitrogens with one attached hydrogen (secondary N) is 4. The van der Waals surface area contributed by atoms with Crippen LogP contribution in [0.2, 0.25) is 0 Å². The third kappa shape index (κ3) is 9.30. The van der Waals surface area contributed by atoms with Gasteiger partial charge in [-0.2, -0.15) is 4.31 Å². The summed E-state index contributed by atoms with van der Waals surface area (Å²) in [5.41, 5.74) is 5.80. The van der Waals surface area contributed by atoms with Crippen LogP contribution in [-0.4, -0.2) is 95.8 Å². The zero-order valence-electron chi connectivity index (χ0n) is 37.0. The second-order valence-corrected chi connectivity index (χ2v) is 21.3. The van der Waals surface area contributed by atoms with Gasteiger partial charge in [0.05, 0.1) is 34.7 Å². The molecule has 66 heavy (non-hydrogen) atoms. The van der Waals surface area contributed by atoms with Gasteiger partial charge < -0.3 is 21.1 Å². The Kier molecular flexibility index (Phi) is 13.5. The summed E-state index contributed by atoms with van der Waals surface area (Å²) in [5.74, 6) is -0.878. The van der Waals surface area contributed by atoms with Crippen LogP contribution in [0.15, 0.2) is 94.7 Å². The molecule has 0 radical (unpaired) electrons. The zero-order chi connectivity index (χ0) is 46.1. The smallest absolute Gasteiger partial charge is 0.263 e. The molecule has 5 amide bonds. The van der Waals surface area contributed by atoms with Crippen molar-refractivity contribution in [2.24, 2.45) is 11.8 Å². The number of fused-ring (bicyclic) bond motifs is 4. The number of piperidine rings is 1. The van der Waals surface area contributed by atoms with E-state index in [0.29, 0.717) is 58.8 Å². The van der Waals surface area contributed by atoms with Crippen molar-refractivity contribution >= 4 is 62.7 Å². The summed E-state index contributed by atoms with van der Waals surface area (Å²) >= 11 is 1.51. The minimum atomic E-state index is -3.79. The number of benzene rings is 4. The Hall–Kier alpha value is -5.39. The molecule has 14 nitrogen and oxygen atoms in total. The van der Waals surface area contributed by atoms with Gasteiger partial charge in [0.1, 0.15) is 6.04 Å². The molecule has 0 bridgehead atoms. The van der Waals surface area contributed by atoms with Crippen LogP contribution in [0, 0.1) is 18.8 Å². The Balaban J connectivity index is 0.731. The van der Waals surface area contributed by atoms with Crippen LogP contribution < -0.4 is 21.3 Å². The van der Waals surface area contributed by atoms with Crippen molar-refractivity contribution in [3.8, 4) is 11.1 Å². The number of hydrogen-bond acceptors (Lipinski definition) is 11. The SMILES string of the molecule is Cc1ccc(S(=O)(=O)N2CC[C@@H]3[C@H](CO)Nc4ccc(-c5cccc(NC(=O)CCCC6CCC(NCCSc7cccc8c7C(=O)N(C7CCC(=O)NC7=O)C8=O)CC6)c5)cc4[C@@H]32)cc1. The summed E-state index contributed by atoms with van der Waals surface area (Å²) in [6.45, 7) is 2.92. The highest BCUT2D eigenvalue weighted by Gasteiger charge is 2.49. The van der Waals surface area contributed by atoms with Gasteiger partial charge in [0.15, 0.2) is 0 Å². The van der Waals surface area contributed by atoms with E-state index >= 15 is 0 Å². The summed E-state index contributed by atoms with van der Waals surface area (Å²) in [7, 11) is -3.79. The minimum absolute atomic E-state index is 0.0331. The van der Waals surface area contributed by atoms with Crippen molar-refractivity contribution in [3.05, 3.63) is 107 Å². The maximum absolute atomic E-state index is 14.0. The average Bonchev–Trinajstić information content (AvgIpc) is 3.88. The highest BCUT2D eigenvalue weighted by molar-refractivity contribution is 7.99. The molecule has 3 fully saturated rings. The lowest BCUT2D eigenvalue weighted by Gasteiger charge is -2.39. The van der Waals surface area contributed by atoms with E-state index in [4.69, 9.17) is 0 Å². The molecule has 4 aromatic rings. The minimum Gasteiger partial charge on any atom is -0.394 e. The normalized spacial score (nSPS) is 24.1. The summed E-state index contributed by atoms with van der Waals surface area (Å²) in [5, 5.41) is 22.8. The summed E-state index contributed by atoms with van der Waals surface area (Å²) in [6.07, 6.45) is 7.30. The molecule has 1 aliphatic carbocycles. The van der Waals surface area contributed by atoms with Gasteiger partial charge in [-0.05, 0) is 129 Å². The second-order valence-electron chi connectivity index (χ2n) is 18.2. The first-order valence-electron chi connectivity index (χ1n) is 23.1. The Morgan fingerprint density at radius 2 is 1.65 bits per heavy atom. The van der Waals surface area contributed by atoms with Gasteiger partial charge >= 0.3 is 0 Å². The van der Waals surface area contributed by atoms with Crippen molar-refractivity contribution in [1.82, 2.24) is 19.8 Å². The van der Waals surface area contributed by atoms with Gasteiger partial charge in [-0.1, -0.05) is 42.0 Å². The molecule has 16 heteroatoms. The van der Waals surface area contributed by atoms with Gasteiger partial charge in [0.2, 0.25) is 27.7 Å². The number of aliphatic hydroxyl groups is 1. The number of imide groups is 2. The number of amides is 5. The van der Waals surface area contributed by atoms with Crippen LogP contribution in [0.1, 0.15) is 102 Å².